The van der Waals surface area contributed by atoms with E-state index in [-0.39, 0.29) is 17.9 Å². The first-order valence-electron chi connectivity index (χ1n) is 7.13. The topological polar surface area (TPSA) is 87.5 Å². The predicted molar refractivity (Wildman–Crippen MR) is 72.5 cm³/mol. The van der Waals surface area contributed by atoms with E-state index in [1.54, 1.807) is 0 Å². The fraction of sp³-hybridized carbons (Fsp3) is 0.846. The minimum atomic E-state index is -0.489. The lowest BCUT2D eigenvalue weighted by molar-refractivity contribution is -0.137. The van der Waals surface area contributed by atoms with E-state index >= 15 is 0 Å². The summed E-state index contributed by atoms with van der Waals surface area (Å²) in [6.07, 6.45) is 2.98. The zero-order chi connectivity index (χ0) is 13.8. The highest BCUT2D eigenvalue weighted by Gasteiger charge is 2.34. The molecule has 0 aromatic carbocycles. The van der Waals surface area contributed by atoms with Crippen LogP contribution in [-0.4, -0.2) is 49.1 Å². The molecule has 3 unspecified atom stereocenters. The zero-order valence-electron chi connectivity index (χ0n) is 11.5. The number of nitrogens with zero attached hydrogens (tertiary/aromatic N) is 1. The van der Waals surface area contributed by atoms with E-state index in [0.29, 0.717) is 12.5 Å². The third kappa shape index (κ3) is 3.59. The molecule has 6 heteroatoms. The van der Waals surface area contributed by atoms with E-state index in [1.807, 2.05) is 4.90 Å². The summed E-state index contributed by atoms with van der Waals surface area (Å²) in [6, 6.07) is -0.214. The Labute approximate surface area is 114 Å². The fourth-order valence-electron chi connectivity index (χ4n) is 3.11. The summed E-state index contributed by atoms with van der Waals surface area (Å²) in [4.78, 5) is 25.2. The van der Waals surface area contributed by atoms with Crippen LogP contribution in [0.3, 0.4) is 0 Å². The van der Waals surface area contributed by atoms with Crippen LogP contribution in [0.1, 0.15) is 26.2 Å². The summed E-state index contributed by atoms with van der Waals surface area (Å²) in [7, 11) is 0. The first kappa shape index (κ1) is 14.1. The number of hydrogen-bond acceptors (Lipinski definition) is 3. The molecule has 2 saturated heterocycles. The summed E-state index contributed by atoms with van der Waals surface area (Å²) in [6.45, 7) is 5.15. The van der Waals surface area contributed by atoms with Crippen LogP contribution in [0.25, 0.3) is 0 Å². The summed E-state index contributed by atoms with van der Waals surface area (Å²) in [5.74, 6) is 0.707. The predicted octanol–water partition coefficient (Wildman–Crippen LogP) is -0.109. The molecule has 6 nitrogen and oxygen atoms in total. The lowest BCUT2D eigenvalue weighted by Gasteiger charge is -2.35. The largest absolute Gasteiger partial charge is 0.352 e. The number of nitrogens with one attached hydrogen (secondary N) is 2. The lowest BCUT2D eigenvalue weighted by atomic mass is 9.94. The summed E-state index contributed by atoms with van der Waals surface area (Å²) in [5.41, 5.74) is 5.08. The first-order valence-corrected chi connectivity index (χ1v) is 7.13. The van der Waals surface area contributed by atoms with Gasteiger partial charge in [-0.1, -0.05) is 0 Å². The molecule has 2 rings (SSSR count). The van der Waals surface area contributed by atoms with Crippen LogP contribution >= 0.6 is 0 Å². The van der Waals surface area contributed by atoms with Crippen LogP contribution in [0.4, 0.5) is 4.79 Å². The number of likely N-dealkylation sites (tertiary alicyclic amines) is 1. The van der Waals surface area contributed by atoms with Crippen molar-refractivity contribution in [2.24, 2.45) is 17.6 Å². The van der Waals surface area contributed by atoms with E-state index in [1.165, 1.54) is 0 Å². The Hall–Kier alpha value is -1.30. The molecule has 3 atom stereocenters. The van der Waals surface area contributed by atoms with Gasteiger partial charge in [0.2, 0.25) is 5.91 Å². The Morgan fingerprint density at radius 2 is 2.21 bits per heavy atom. The van der Waals surface area contributed by atoms with Crippen molar-refractivity contribution in [3.05, 3.63) is 0 Å². The van der Waals surface area contributed by atoms with E-state index in [2.05, 4.69) is 17.6 Å². The zero-order valence-corrected chi connectivity index (χ0v) is 11.5. The SMILES string of the molecule is CC1NCCC1C(=O)N1CCCC(CNC(N)=O)C1. The highest BCUT2D eigenvalue weighted by atomic mass is 16.2. The molecular formula is C13H24N4O2. The lowest BCUT2D eigenvalue weighted by Crippen LogP contribution is -2.47. The van der Waals surface area contributed by atoms with Gasteiger partial charge in [0.1, 0.15) is 0 Å². The van der Waals surface area contributed by atoms with Gasteiger partial charge in [-0.05, 0) is 38.6 Å². The molecule has 2 heterocycles. The maximum absolute atomic E-state index is 12.5. The fourth-order valence-corrected chi connectivity index (χ4v) is 3.11. The minimum Gasteiger partial charge on any atom is -0.352 e. The van der Waals surface area contributed by atoms with Gasteiger partial charge in [0, 0.05) is 25.7 Å². The first-order chi connectivity index (χ1) is 9.08. The van der Waals surface area contributed by atoms with Gasteiger partial charge < -0.3 is 21.3 Å². The second-order valence-corrected chi connectivity index (χ2v) is 5.68. The van der Waals surface area contributed by atoms with Gasteiger partial charge in [-0.25, -0.2) is 4.79 Å². The number of urea groups is 1. The highest BCUT2D eigenvalue weighted by molar-refractivity contribution is 5.80. The van der Waals surface area contributed by atoms with E-state index in [4.69, 9.17) is 5.73 Å². The van der Waals surface area contributed by atoms with Crippen LogP contribution in [0.2, 0.25) is 0 Å². The number of piperidine rings is 1. The molecule has 108 valence electrons. The summed E-state index contributed by atoms with van der Waals surface area (Å²) >= 11 is 0. The Kier molecular flexibility index (Phi) is 4.63. The molecule has 0 bridgehead atoms. The quantitative estimate of drug-likeness (QED) is 0.667. The third-order valence-corrected chi connectivity index (χ3v) is 4.24. The van der Waals surface area contributed by atoms with Crippen LogP contribution in [0.5, 0.6) is 0 Å². The Balaban J connectivity index is 1.86. The number of carbonyl (C=O) groups is 2. The average molecular weight is 268 g/mol. The molecule has 2 aliphatic heterocycles. The molecule has 19 heavy (non-hydrogen) atoms. The van der Waals surface area contributed by atoms with Gasteiger partial charge >= 0.3 is 6.03 Å². The molecule has 0 saturated carbocycles. The smallest absolute Gasteiger partial charge is 0.312 e. The van der Waals surface area contributed by atoms with E-state index in [9.17, 15) is 9.59 Å². The molecule has 0 spiro atoms. The second-order valence-electron chi connectivity index (χ2n) is 5.68. The molecule has 4 N–H and O–H groups in total. The molecule has 0 aliphatic carbocycles. The number of nitrogens with two attached hydrogens (primary N) is 1. The summed E-state index contributed by atoms with van der Waals surface area (Å²) < 4.78 is 0. The van der Waals surface area contributed by atoms with Crippen molar-refractivity contribution in [1.82, 2.24) is 15.5 Å². The number of carbonyl (C=O) groups excluding carboxylic acids is 2. The van der Waals surface area contributed by atoms with Gasteiger partial charge in [-0.15, -0.1) is 0 Å². The van der Waals surface area contributed by atoms with Gasteiger partial charge in [0.15, 0.2) is 0 Å². The number of hydrogen-bond donors (Lipinski definition) is 3. The maximum atomic E-state index is 12.5. The van der Waals surface area contributed by atoms with Gasteiger partial charge in [-0.2, -0.15) is 0 Å². The van der Waals surface area contributed by atoms with Gasteiger partial charge in [0.05, 0.1) is 5.92 Å². The van der Waals surface area contributed by atoms with Crippen LogP contribution < -0.4 is 16.4 Å². The Morgan fingerprint density at radius 3 is 2.84 bits per heavy atom. The van der Waals surface area contributed by atoms with Crippen molar-refractivity contribution in [3.63, 3.8) is 0 Å². The maximum Gasteiger partial charge on any atom is 0.312 e. The molecule has 2 fully saturated rings. The minimum absolute atomic E-state index is 0.114. The van der Waals surface area contributed by atoms with Crippen LogP contribution in [-0.2, 0) is 4.79 Å². The monoisotopic (exact) mass is 268 g/mol. The molecule has 0 aromatic rings. The van der Waals surface area contributed by atoms with Crippen LogP contribution in [0, 0.1) is 11.8 Å². The van der Waals surface area contributed by atoms with Crippen molar-refractivity contribution in [3.8, 4) is 0 Å². The van der Waals surface area contributed by atoms with Crippen molar-refractivity contribution in [2.45, 2.75) is 32.2 Å². The van der Waals surface area contributed by atoms with Crippen molar-refractivity contribution in [2.75, 3.05) is 26.2 Å². The molecular weight excluding hydrogens is 244 g/mol. The molecule has 0 aromatic heterocycles. The number of rotatable bonds is 3. The molecule has 0 radical (unpaired) electrons. The molecule has 3 amide bonds. The van der Waals surface area contributed by atoms with Gasteiger partial charge in [-0.3, -0.25) is 4.79 Å². The second kappa shape index (κ2) is 6.23. The van der Waals surface area contributed by atoms with Crippen molar-refractivity contribution >= 4 is 11.9 Å². The van der Waals surface area contributed by atoms with Crippen LogP contribution in [0.15, 0.2) is 0 Å². The number of primary amides is 1. The average Bonchev–Trinajstić information content (AvgIpc) is 2.82. The Morgan fingerprint density at radius 1 is 1.42 bits per heavy atom. The van der Waals surface area contributed by atoms with Gasteiger partial charge in [0.25, 0.3) is 0 Å². The summed E-state index contributed by atoms with van der Waals surface area (Å²) in [5, 5.41) is 5.96. The highest BCUT2D eigenvalue weighted by Crippen LogP contribution is 2.22. The normalized spacial score (nSPS) is 31.2. The Bertz CT molecular complexity index is 348. The van der Waals surface area contributed by atoms with Crippen molar-refractivity contribution < 1.29 is 9.59 Å². The van der Waals surface area contributed by atoms with E-state index < -0.39 is 6.03 Å². The van der Waals surface area contributed by atoms with E-state index in [0.717, 1.165) is 38.9 Å². The number of amides is 3. The third-order valence-electron chi connectivity index (χ3n) is 4.24. The standard InChI is InChI=1S/C13H24N4O2/c1-9-11(4-5-15-9)12(18)17-6-2-3-10(8-17)7-16-13(14)19/h9-11,15H,2-8H2,1H3,(H3,14,16,19). The molecule has 2 aliphatic rings. The van der Waals surface area contributed by atoms with Crippen molar-refractivity contribution in [1.29, 1.82) is 0 Å².